The molecule has 6 nitrogen and oxygen atoms in total. The molecule has 1 atom stereocenters. The van der Waals surface area contributed by atoms with E-state index in [1.54, 1.807) is 19.1 Å². The van der Waals surface area contributed by atoms with Gasteiger partial charge in [-0.1, -0.05) is 11.2 Å². The van der Waals surface area contributed by atoms with Gasteiger partial charge in [0, 0.05) is 26.2 Å². The number of halogens is 1. The molecule has 7 heteroatoms. The third kappa shape index (κ3) is 3.38. The number of likely N-dealkylation sites (N-methyl/N-ethyl adjacent to an activating group) is 1. The minimum Gasteiger partial charge on any atom is -0.338 e. The minimum absolute atomic E-state index is 0.0424. The Balaban J connectivity index is 1.73. The molecule has 23 heavy (non-hydrogen) atoms. The van der Waals surface area contributed by atoms with Crippen LogP contribution < -0.4 is 0 Å². The zero-order valence-corrected chi connectivity index (χ0v) is 13.2. The Morgan fingerprint density at radius 3 is 2.96 bits per heavy atom. The van der Waals surface area contributed by atoms with Gasteiger partial charge in [-0.3, -0.25) is 9.80 Å². The molecular weight excluding hydrogens is 297 g/mol. The van der Waals surface area contributed by atoms with Gasteiger partial charge in [0.05, 0.1) is 5.56 Å². The lowest BCUT2D eigenvalue weighted by Crippen LogP contribution is -2.46. The van der Waals surface area contributed by atoms with Crippen LogP contribution in [0, 0.1) is 24.1 Å². The number of benzene rings is 1. The van der Waals surface area contributed by atoms with E-state index >= 15 is 0 Å². The fraction of sp³-hybridized carbons (Fsp3) is 0.438. The Hall–Kier alpha value is -2.30. The number of nitriles is 1. The van der Waals surface area contributed by atoms with Gasteiger partial charge < -0.3 is 4.52 Å². The lowest BCUT2D eigenvalue weighted by Gasteiger charge is -2.37. The molecule has 3 rings (SSSR count). The summed E-state index contributed by atoms with van der Waals surface area (Å²) >= 11 is 0. The molecule has 0 bridgehead atoms. The number of nitrogens with zero attached hydrogens (tertiary/aromatic N) is 5. The first-order valence-corrected chi connectivity index (χ1v) is 7.48. The predicted molar refractivity (Wildman–Crippen MR) is 80.8 cm³/mol. The van der Waals surface area contributed by atoms with Crippen molar-refractivity contribution in [2.24, 2.45) is 0 Å². The van der Waals surface area contributed by atoms with Crippen molar-refractivity contribution in [3.63, 3.8) is 0 Å². The van der Waals surface area contributed by atoms with Gasteiger partial charge in [0.15, 0.2) is 5.82 Å². The lowest BCUT2D eigenvalue weighted by atomic mass is 10.1. The molecule has 1 fully saturated rings. The zero-order chi connectivity index (χ0) is 16.4. The number of hydrogen-bond donors (Lipinski definition) is 0. The van der Waals surface area contributed by atoms with Crippen LogP contribution in [0.4, 0.5) is 4.39 Å². The summed E-state index contributed by atoms with van der Waals surface area (Å²) in [5.41, 5.74) is 1.01. The number of piperazine rings is 1. The van der Waals surface area contributed by atoms with Crippen LogP contribution in [-0.4, -0.2) is 46.6 Å². The molecule has 0 saturated carbocycles. The average molecular weight is 315 g/mol. The van der Waals surface area contributed by atoms with Crippen molar-refractivity contribution in [3.8, 4) is 6.07 Å². The molecule has 1 aromatic heterocycles. The second-order valence-corrected chi connectivity index (χ2v) is 5.84. The summed E-state index contributed by atoms with van der Waals surface area (Å²) in [6.45, 7) is 4.97. The summed E-state index contributed by atoms with van der Waals surface area (Å²) in [5, 5.41) is 12.8. The Kier molecular flexibility index (Phi) is 4.37. The van der Waals surface area contributed by atoms with Crippen molar-refractivity contribution in [3.05, 3.63) is 46.9 Å². The topological polar surface area (TPSA) is 69.2 Å². The monoisotopic (exact) mass is 315 g/mol. The summed E-state index contributed by atoms with van der Waals surface area (Å²) in [6.07, 6.45) is 0. The maximum absolute atomic E-state index is 13.4. The predicted octanol–water partition coefficient (Wildman–Crippen LogP) is 1.88. The van der Waals surface area contributed by atoms with E-state index in [4.69, 9.17) is 9.78 Å². The third-order valence-electron chi connectivity index (χ3n) is 4.12. The van der Waals surface area contributed by atoms with Gasteiger partial charge in [-0.15, -0.1) is 0 Å². The zero-order valence-electron chi connectivity index (χ0n) is 13.2. The van der Waals surface area contributed by atoms with Crippen LogP contribution in [0.5, 0.6) is 0 Å². The molecule has 120 valence electrons. The fourth-order valence-corrected chi connectivity index (χ4v) is 2.80. The smallest absolute Gasteiger partial charge is 0.245 e. The summed E-state index contributed by atoms with van der Waals surface area (Å²) < 4.78 is 18.7. The van der Waals surface area contributed by atoms with E-state index in [-0.39, 0.29) is 11.6 Å². The first-order chi connectivity index (χ1) is 11.1. The maximum atomic E-state index is 13.4. The Bertz CT molecular complexity index is 738. The number of hydrogen-bond acceptors (Lipinski definition) is 6. The SMILES string of the molecule is Cc1noc([C@@H]2CN(Cc3ccc(F)c(C#N)c3)CCN2C)n1. The Morgan fingerprint density at radius 2 is 2.26 bits per heavy atom. The van der Waals surface area contributed by atoms with Gasteiger partial charge in [-0.05, 0) is 31.7 Å². The molecule has 0 spiro atoms. The lowest BCUT2D eigenvalue weighted by molar-refractivity contribution is 0.0714. The largest absolute Gasteiger partial charge is 0.338 e. The summed E-state index contributed by atoms with van der Waals surface area (Å²) in [5.74, 6) is 0.767. The van der Waals surface area contributed by atoms with Gasteiger partial charge in [-0.2, -0.15) is 10.2 Å². The molecule has 1 aromatic carbocycles. The van der Waals surface area contributed by atoms with Crippen molar-refractivity contribution < 1.29 is 8.91 Å². The second kappa shape index (κ2) is 6.44. The van der Waals surface area contributed by atoms with Crippen LogP contribution >= 0.6 is 0 Å². The fourth-order valence-electron chi connectivity index (χ4n) is 2.80. The van der Waals surface area contributed by atoms with E-state index < -0.39 is 5.82 Å². The summed E-state index contributed by atoms with van der Waals surface area (Å²) in [7, 11) is 2.03. The highest BCUT2D eigenvalue weighted by atomic mass is 19.1. The quantitative estimate of drug-likeness (QED) is 0.861. The first-order valence-electron chi connectivity index (χ1n) is 7.48. The summed E-state index contributed by atoms with van der Waals surface area (Å²) in [6, 6.07) is 6.61. The average Bonchev–Trinajstić information content (AvgIpc) is 2.97. The molecule has 0 amide bonds. The standard InChI is InChI=1S/C16H18FN5O/c1-11-19-16(23-20-11)15-10-22(6-5-21(15)2)9-12-3-4-14(17)13(7-12)8-18/h3-4,7,15H,5-6,9-10H2,1-2H3/t15-/m0/s1. The van der Waals surface area contributed by atoms with Crippen LogP contribution in [0.3, 0.4) is 0 Å². The van der Waals surface area contributed by atoms with Crippen LogP contribution in [0.15, 0.2) is 22.7 Å². The highest BCUT2D eigenvalue weighted by Crippen LogP contribution is 2.24. The van der Waals surface area contributed by atoms with Gasteiger partial charge in [0.1, 0.15) is 17.9 Å². The molecule has 0 N–H and O–H groups in total. The van der Waals surface area contributed by atoms with Crippen molar-refractivity contribution in [2.45, 2.75) is 19.5 Å². The van der Waals surface area contributed by atoms with Crippen LogP contribution in [0.1, 0.15) is 28.9 Å². The highest BCUT2D eigenvalue weighted by Gasteiger charge is 2.29. The molecule has 0 aliphatic carbocycles. The van der Waals surface area contributed by atoms with Gasteiger partial charge in [0.2, 0.25) is 5.89 Å². The molecule has 0 unspecified atom stereocenters. The summed E-state index contributed by atoms with van der Waals surface area (Å²) in [4.78, 5) is 8.76. The molecule has 2 heterocycles. The number of aryl methyl sites for hydroxylation is 1. The van der Waals surface area contributed by atoms with Gasteiger partial charge in [-0.25, -0.2) is 4.39 Å². The first kappa shape index (κ1) is 15.6. The number of aromatic nitrogens is 2. The maximum Gasteiger partial charge on any atom is 0.245 e. The van der Waals surface area contributed by atoms with Crippen LogP contribution in [0.2, 0.25) is 0 Å². The van der Waals surface area contributed by atoms with Crippen molar-refractivity contribution >= 4 is 0 Å². The second-order valence-electron chi connectivity index (χ2n) is 5.84. The van der Waals surface area contributed by atoms with E-state index in [2.05, 4.69) is 19.9 Å². The molecule has 1 aliphatic heterocycles. The molecule has 1 aliphatic rings. The Morgan fingerprint density at radius 1 is 1.43 bits per heavy atom. The van der Waals surface area contributed by atoms with E-state index in [9.17, 15) is 4.39 Å². The Labute approximate surface area is 134 Å². The van der Waals surface area contributed by atoms with Crippen molar-refractivity contribution in [1.82, 2.24) is 19.9 Å². The minimum atomic E-state index is -0.478. The van der Waals surface area contributed by atoms with Crippen molar-refractivity contribution in [2.75, 3.05) is 26.7 Å². The van der Waals surface area contributed by atoms with Crippen LogP contribution in [0.25, 0.3) is 0 Å². The molecule has 1 saturated heterocycles. The van der Waals surface area contributed by atoms with Gasteiger partial charge in [0.25, 0.3) is 0 Å². The van der Waals surface area contributed by atoms with Crippen molar-refractivity contribution in [1.29, 1.82) is 5.26 Å². The number of rotatable bonds is 3. The highest BCUT2D eigenvalue weighted by molar-refractivity contribution is 5.34. The normalized spacial score (nSPS) is 19.7. The molecular formula is C16H18FN5O. The van der Waals surface area contributed by atoms with Crippen LogP contribution in [-0.2, 0) is 6.54 Å². The van der Waals surface area contributed by atoms with E-state index in [0.29, 0.717) is 18.3 Å². The van der Waals surface area contributed by atoms with E-state index in [1.807, 2.05) is 13.1 Å². The molecule has 2 aromatic rings. The van der Waals surface area contributed by atoms with E-state index in [1.165, 1.54) is 6.07 Å². The van der Waals surface area contributed by atoms with E-state index in [0.717, 1.165) is 25.2 Å². The molecule has 0 radical (unpaired) electrons. The van der Waals surface area contributed by atoms with Gasteiger partial charge >= 0.3 is 0 Å². The third-order valence-corrected chi connectivity index (χ3v) is 4.12.